The predicted molar refractivity (Wildman–Crippen MR) is 87.7 cm³/mol. The number of methoxy groups -OCH3 is 2. The maximum atomic E-state index is 6.50. The van der Waals surface area contributed by atoms with E-state index in [1.54, 1.807) is 14.2 Å². The van der Waals surface area contributed by atoms with Crippen molar-refractivity contribution >= 4 is 15.9 Å². The molecule has 2 saturated carbocycles. The van der Waals surface area contributed by atoms with Crippen molar-refractivity contribution in [3.8, 4) is 11.5 Å². The van der Waals surface area contributed by atoms with Gasteiger partial charge in [-0.3, -0.25) is 0 Å². The van der Waals surface area contributed by atoms with Gasteiger partial charge in [0.2, 0.25) is 0 Å². The van der Waals surface area contributed by atoms with Gasteiger partial charge in [-0.1, -0.05) is 6.42 Å². The van der Waals surface area contributed by atoms with E-state index in [4.69, 9.17) is 15.2 Å². The Balaban J connectivity index is 1.78. The number of fused-ring (bicyclic) bond motifs is 2. The van der Waals surface area contributed by atoms with Crippen molar-refractivity contribution in [2.24, 2.45) is 23.5 Å². The summed E-state index contributed by atoms with van der Waals surface area (Å²) < 4.78 is 11.7. The number of hydrogen-bond acceptors (Lipinski definition) is 3. The maximum Gasteiger partial charge on any atom is 0.141 e. The van der Waals surface area contributed by atoms with Gasteiger partial charge in [-0.15, -0.1) is 0 Å². The zero-order chi connectivity index (χ0) is 15.0. The van der Waals surface area contributed by atoms with E-state index in [1.807, 2.05) is 12.1 Å². The van der Waals surface area contributed by atoms with Crippen LogP contribution in [0.2, 0.25) is 0 Å². The molecule has 2 aliphatic rings. The van der Waals surface area contributed by atoms with E-state index in [9.17, 15) is 0 Å². The lowest BCUT2D eigenvalue weighted by Gasteiger charge is -2.26. The van der Waals surface area contributed by atoms with Gasteiger partial charge in [0.25, 0.3) is 0 Å². The Kier molecular flexibility index (Phi) is 4.46. The molecule has 0 saturated heterocycles. The van der Waals surface area contributed by atoms with Crippen molar-refractivity contribution in [1.29, 1.82) is 0 Å². The number of rotatable bonds is 5. The van der Waals surface area contributed by atoms with Crippen molar-refractivity contribution in [1.82, 2.24) is 0 Å². The van der Waals surface area contributed by atoms with E-state index >= 15 is 0 Å². The van der Waals surface area contributed by atoms with Crippen LogP contribution in [0, 0.1) is 17.8 Å². The van der Waals surface area contributed by atoms with Crippen LogP contribution in [-0.2, 0) is 0 Å². The van der Waals surface area contributed by atoms with Crippen molar-refractivity contribution < 1.29 is 9.47 Å². The monoisotopic (exact) mass is 353 g/mol. The molecule has 1 aromatic carbocycles. The molecule has 21 heavy (non-hydrogen) atoms. The Morgan fingerprint density at radius 3 is 2.62 bits per heavy atom. The first kappa shape index (κ1) is 15.2. The summed E-state index contributed by atoms with van der Waals surface area (Å²) >= 11 is 3.56. The number of nitrogens with two attached hydrogens (primary N) is 1. The molecule has 0 aliphatic heterocycles. The lowest BCUT2D eigenvalue weighted by molar-refractivity contribution is 0.293. The van der Waals surface area contributed by atoms with E-state index < -0.39 is 0 Å². The fourth-order valence-corrected chi connectivity index (χ4v) is 5.01. The highest BCUT2D eigenvalue weighted by molar-refractivity contribution is 9.10. The van der Waals surface area contributed by atoms with Crippen LogP contribution >= 0.6 is 15.9 Å². The summed E-state index contributed by atoms with van der Waals surface area (Å²) in [6.07, 6.45) is 6.72. The van der Waals surface area contributed by atoms with Crippen LogP contribution in [0.15, 0.2) is 16.6 Å². The molecule has 4 heteroatoms. The topological polar surface area (TPSA) is 44.5 Å². The van der Waals surface area contributed by atoms with Crippen molar-refractivity contribution in [3.05, 3.63) is 22.2 Å². The van der Waals surface area contributed by atoms with Crippen LogP contribution in [0.5, 0.6) is 11.5 Å². The SMILES string of the molecule is COc1ccc(C(N)CC2CC3CCC2C3)c(OC)c1Br. The highest BCUT2D eigenvalue weighted by Gasteiger charge is 2.40. The third kappa shape index (κ3) is 2.80. The largest absolute Gasteiger partial charge is 0.495 e. The first-order valence-electron chi connectivity index (χ1n) is 7.80. The van der Waals surface area contributed by atoms with Crippen LogP contribution in [0.4, 0.5) is 0 Å². The lowest BCUT2D eigenvalue weighted by Crippen LogP contribution is -2.20. The smallest absolute Gasteiger partial charge is 0.141 e. The maximum absolute atomic E-state index is 6.50. The second-order valence-corrected chi connectivity index (χ2v) is 7.27. The molecule has 4 unspecified atom stereocenters. The van der Waals surface area contributed by atoms with Gasteiger partial charge in [-0.05, 0) is 71.5 Å². The fourth-order valence-electron chi connectivity index (χ4n) is 4.33. The van der Waals surface area contributed by atoms with E-state index in [1.165, 1.54) is 25.7 Å². The minimum absolute atomic E-state index is 0.0338. The van der Waals surface area contributed by atoms with Gasteiger partial charge < -0.3 is 15.2 Å². The Morgan fingerprint density at radius 1 is 1.24 bits per heavy atom. The molecule has 1 aromatic rings. The molecule has 2 aliphatic carbocycles. The minimum atomic E-state index is 0.0338. The zero-order valence-electron chi connectivity index (χ0n) is 12.8. The van der Waals surface area contributed by atoms with Crippen LogP contribution in [-0.4, -0.2) is 14.2 Å². The fraction of sp³-hybridized carbons (Fsp3) is 0.647. The lowest BCUT2D eigenvalue weighted by atomic mass is 9.83. The number of halogens is 1. The first-order chi connectivity index (χ1) is 10.1. The summed E-state index contributed by atoms with van der Waals surface area (Å²) in [7, 11) is 3.35. The molecule has 3 rings (SSSR count). The van der Waals surface area contributed by atoms with Crippen LogP contribution in [0.25, 0.3) is 0 Å². The van der Waals surface area contributed by atoms with Gasteiger partial charge in [-0.2, -0.15) is 0 Å². The van der Waals surface area contributed by atoms with Crippen molar-refractivity contribution in [2.75, 3.05) is 14.2 Å². The molecule has 0 spiro atoms. The average Bonchev–Trinajstić information content (AvgIpc) is 3.09. The Morgan fingerprint density at radius 2 is 2.05 bits per heavy atom. The van der Waals surface area contributed by atoms with Crippen LogP contribution < -0.4 is 15.2 Å². The summed E-state index contributed by atoms with van der Waals surface area (Å²) in [5, 5.41) is 0. The summed E-state index contributed by atoms with van der Waals surface area (Å²) in [5.41, 5.74) is 7.58. The molecule has 0 aromatic heterocycles. The zero-order valence-corrected chi connectivity index (χ0v) is 14.4. The summed E-state index contributed by atoms with van der Waals surface area (Å²) in [6, 6.07) is 4.04. The van der Waals surface area contributed by atoms with Gasteiger partial charge in [0.15, 0.2) is 0 Å². The Labute approximate surface area is 135 Å². The quantitative estimate of drug-likeness (QED) is 0.858. The molecule has 2 fully saturated rings. The number of benzene rings is 1. The van der Waals surface area contributed by atoms with Crippen LogP contribution in [0.1, 0.15) is 43.7 Å². The highest BCUT2D eigenvalue weighted by Crippen LogP contribution is 2.51. The molecular formula is C17H24BrNO2. The highest BCUT2D eigenvalue weighted by atomic mass is 79.9. The second-order valence-electron chi connectivity index (χ2n) is 6.48. The molecule has 3 nitrogen and oxygen atoms in total. The third-order valence-electron chi connectivity index (χ3n) is 5.36. The number of hydrogen-bond donors (Lipinski definition) is 1. The van der Waals surface area contributed by atoms with Crippen LogP contribution in [0.3, 0.4) is 0 Å². The third-order valence-corrected chi connectivity index (χ3v) is 6.11. The normalized spacial score (nSPS) is 28.7. The standard InChI is InChI=1S/C17H24BrNO2/c1-20-15-6-5-13(17(21-2)16(15)18)14(19)9-12-8-10-3-4-11(12)7-10/h5-6,10-12,14H,3-4,7-9,19H2,1-2H3. The molecule has 2 bridgehead atoms. The van der Waals surface area contributed by atoms with E-state index in [-0.39, 0.29) is 6.04 Å². The molecule has 2 N–H and O–H groups in total. The average molecular weight is 354 g/mol. The summed E-state index contributed by atoms with van der Waals surface area (Å²) in [5.74, 6) is 4.27. The second kappa shape index (κ2) is 6.17. The van der Waals surface area contributed by atoms with Gasteiger partial charge in [0.1, 0.15) is 16.0 Å². The van der Waals surface area contributed by atoms with E-state index in [0.717, 1.165) is 45.7 Å². The summed E-state index contributed by atoms with van der Waals surface area (Å²) in [4.78, 5) is 0. The molecule has 0 amide bonds. The van der Waals surface area contributed by atoms with E-state index in [0.29, 0.717) is 0 Å². The molecule has 116 valence electrons. The summed E-state index contributed by atoms with van der Waals surface area (Å²) in [6.45, 7) is 0. The minimum Gasteiger partial charge on any atom is -0.495 e. The van der Waals surface area contributed by atoms with Gasteiger partial charge in [0, 0.05) is 11.6 Å². The van der Waals surface area contributed by atoms with Gasteiger partial charge in [0.05, 0.1) is 14.2 Å². The molecule has 0 radical (unpaired) electrons. The number of ether oxygens (including phenoxy) is 2. The molecule has 4 atom stereocenters. The van der Waals surface area contributed by atoms with Crippen molar-refractivity contribution in [2.45, 2.75) is 38.1 Å². The Hall–Kier alpha value is -0.740. The van der Waals surface area contributed by atoms with E-state index in [2.05, 4.69) is 15.9 Å². The van der Waals surface area contributed by atoms with Crippen molar-refractivity contribution in [3.63, 3.8) is 0 Å². The molecular weight excluding hydrogens is 330 g/mol. The first-order valence-corrected chi connectivity index (χ1v) is 8.59. The van der Waals surface area contributed by atoms with Gasteiger partial charge >= 0.3 is 0 Å². The Bertz CT molecular complexity index is 520. The predicted octanol–water partition coefficient (Wildman–Crippen LogP) is 4.29. The molecule has 0 heterocycles. The van der Waals surface area contributed by atoms with Gasteiger partial charge in [-0.25, -0.2) is 0 Å².